The molecule has 4 nitrogen and oxygen atoms in total. The Bertz CT molecular complexity index is 85.7. The fourth-order valence-electron chi connectivity index (χ4n) is 0.0598. The Balaban J connectivity index is 3.36. The summed E-state index contributed by atoms with van der Waals surface area (Å²) < 4.78 is 12.8. The minimum atomic E-state index is -4.80. The van der Waals surface area contributed by atoms with Crippen LogP contribution in [0.4, 0.5) is 0 Å². The smallest absolute Gasteiger partial charge is 0.126 e. The maximum atomic E-state index is 9.40. The summed E-state index contributed by atoms with van der Waals surface area (Å²) in [5, 5.41) is 0. The first-order chi connectivity index (χ1) is 3.06. The number of rotatable bonds is 2. The highest BCUT2D eigenvalue weighted by Crippen LogP contribution is 2.23. The molecule has 0 fully saturated rings. The highest BCUT2D eigenvalue weighted by Gasteiger charge is 1.83. The molecule has 0 saturated heterocycles. The first-order valence-electron chi connectivity index (χ1n) is 1.29. The first kappa shape index (κ1) is 7.40. The van der Waals surface area contributed by atoms with Crippen LogP contribution in [0.25, 0.3) is 0 Å². The summed E-state index contributed by atoms with van der Waals surface area (Å²) in [4.78, 5) is 18.8. The average Bonchev–Trinajstić information content (AvgIpc) is 1.30. The molecule has 0 atom stereocenters. The lowest BCUT2D eigenvalue weighted by Gasteiger charge is -2.26. The van der Waals surface area contributed by atoms with Gasteiger partial charge in [0, 0.05) is 0 Å². The molecule has 0 rings (SSSR count). The summed E-state index contributed by atoms with van der Waals surface area (Å²) in [6.45, 7) is 0. The molecule has 0 aromatic rings. The van der Waals surface area contributed by atoms with Crippen LogP contribution < -0.4 is 9.79 Å². The molecular weight excluding hydrogens is 142 g/mol. The van der Waals surface area contributed by atoms with Gasteiger partial charge in [-0.05, 0) is 0 Å². The van der Waals surface area contributed by atoms with E-state index in [4.69, 9.17) is 11.6 Å². The van der Waals surface area contributed by atoms with Gasteiger partial charge in [-0.15, -0.1) is 0 Å². The van der Waals surface area contributed by atoms with Crippen LogP contribution in [0.15, 0.2) is 0 Å². The van der Waals surface area contributed by atoms with Crippen LogP contribution in [-0.4, -0.2) is 6.07 Å². The Morgan fingerprint density at radius 1 is 1.71 bits per heavy atom. The van der Waals surface area contributed by atoms with Gasteiger partial charge < -0.3 is 18.9 Å². The zero-order valence-corrected chi connectivity index (χ0v) is 4.82. The van der Waals surface area contributed by atoms with Crippen molar-refractivity contribution in [1.29, 1.82) is 0 Å². The topological polar surface area (TPSA) is 72.4 Å². The number of alkyl halides is 1. The molecule has 0 radical (unpaired) electrons. The summed E-state index contributed by atoms with van der Waals surface area (Å²) in [5.41, 5.74) is 0. The number of phosphoric ester groups is 1. The first-order valence-corrected chi connectivity index (χ1v) is 3.28. The number of hydrogen-bond acceptors (Lipinski definition) is 4. The normalized spacial score (nSPS) is 11.9. The molecule has 0 aliphatic carbocycles. The second kappa shape index (κ2) is 2.64. The van der Waals surface area contributed by atoms with Crippen molar-refractivity contribution in [2.75, 3.05) is 6.07 Å². The van der Waals surface area contributed by atoms with E-state index in [9.17, 15) is 14.4 Å². The number of hydrogen-bond donors (Lipinski definition) is 0. The van der Waals surface area contributed by atoms with E-state index >= 15 is 0 Å². The zero-order chi connectivity index (χ0) is 5.91. The van der Waals surface area contributed by atoms with Gasteiger partial charge >= 0.3 is 0 Å². The van der Waals surface area contributed by atoms with Crippen molar-refractivity contribution in [2.24, 2.45) is 0 Å². The highest BCUT2D eigenvalue weighted by molar-refractivity contribution is 7.43. The second-order valence-corrected chi connectivity index (χ2v) is 2.06. The van der Waals surface area contributed by atoms with Crippen molar-refractivity contribution >= 4 is 19.4 Å². The molecule has 0 aliphatic heterocycles. The molecule has 44 valence electrons. The van der Waals surface area contributed by atoms with Crippen molar-refractivity contribution in [1.82, 2.24) is 0 Å². The molecule has 0 N–H and O–H groups in total. The highest BCUT2D eigenvalue weighted by atomic mass is 35.5. The standard InChI is InChI=1S/CH4ClO4P/c2-1-6-7(3,4)5/h1H2,(H2,3,4,5)/p-2. The van der Waals surface area contributed by atoms with E-state index in [1.165, 1.54) is 0 Å². The second-order valence-electron chi connectivity index (χ2n) is 0.685. The monoisotopic (exact) mass is 144 g/mol. The van der Waals surface area contributed by atoms with Gasteiger partial charge in [0.15, 0.2) is 0 Å². The van der Waals surface area contributed by atoms with Crippen LogP contribution in [0, 0.1) is 0 Å². The Kier molecular flexibility index (Phi) is 2.80. The molecule has 0 bridgehead atoms. The predicted octanol–water partition coefficient (Wildman–Crippen LogP) is -0.972. The van der Waals surface area contributed by atoms with Gasteiger partial charge in [-0.2, -0.15) is 0 Å². The van der Waals surface area contributed by atoms with Crippen LogP contribution in [0.2, 0.25) is 0 Å². The summed E-state index contributed by atoms with van der Waals surface area (Å²) >= 11 is 4.69. The van der Waals surface area contributed by atoms with E-state index in [1.807, 2.05) is 0 Å². The molecule has 0 spiro atoms. The molecule has 0 aliphatic rings. The van der Waals surface area contributed by atoms with E-state index in [0.717, 1.165) is 0 Å². The average molecular weight is 144 g/mol. The maximum absolute atomic E-state index is 9.40. The van der Waals surface area contributed by atoms with Gasteiger partial charge in [-0.25, -0.2) is 0 Å². The Morgan fingerprint density at radius 3 is 2.14 bits per heavy atom. The van der Waals surface area contributed by atoms with E-state index in [1.54, 1.807) is 0 Å². The Labute approximate surface area is 45.3 Å². The van der Waals surface area contributed by atoms with E-state index in [-0.39, 0.29) is 0 Å². The minimum absolute atomic E-state index is 0.607. The van der Waals surface area contributed by atoms with Gasteiger partial charge in [0.2, 0.25) is 0 Å². The van der Waals surface area contributed by atoms with Gasteiger partial charge in [-0.1, -0.05) is 11.6 Å². The zero-order valence-electron chi connectivity index (χ0n) is 3.17. The van der Waals surface area contributed by atoms with Crippen molar-refractivity contribution in [3.05, 3.63) is 0 Å². The lowest BCUT2D eigenvalue weighted by Crippen LogP contribution is -2.15. The van der Waals surface area contributed by atoms with Crippen LogP contribution >= 0.6 is 19.4 Å². The molecular formula is CH2ClO4P-2. The van der Waals surface area contributed by atoms with Crippen molar-refractivity contribution in [3.8, 4) is 0 Å². The largest absolute Gasteiger partial charge is 0.790 e. The summed E-state index contributed by atoms with van der Waals surface area (Å²) in [6.07, 6.45) is 0. The molecule has 0 aromatic heterocycles. The van der Waals surface area contributed by atoms with E-state index < -0.39 is 13.9 Å². The molecule has 0 saturated carbocycles. The lowest BCUT2D eigenvalue weighted by molar-refractivity contribution is -0.340. The molecule has 0 heterocycles. The summed E-state index contributed by atoms with van der Waals surface area (Å²) in [5.74, 6) is 0. The molecule has 0 unspecified atom stereocenters. The fourth-order valence-corrected chi connectivity index (χ4v) is 0.538. The van der Waals surface area contributed by atoms with Crippen molar-refractivity contribution in [2.45, 2.75) is 0 Å². The molecule has 0 amide bonds. The third kappa shape index (κ3) is 6.40. The summed E-state index contributed by atoms with van der Waals surface area (Å²) in [6, 6.07) is -0.607. The lowest BCUT2D eigenvalue weighted by atomic mass is 11.7. The Morgan fingerprint density at radius 2 is 2.14 bits per heavy atom. The van der Waals surface area contributed by atoms with Gasteiger partial charge in [-0.3, -0.25) is 0 Å². The SMILES string of the molecule is O=P([O-])([O-])OCCl. The van der Waals surface area contributed by atoms with Crippen LogP contribution in [0.3, 0.4) is 0 Å². The van der Waals surface area contributed by atoms with Crippen LogP contribution in [0.1, 0.15) is 0 Å². The van der Waals surface area contributed by atoms with Crippen molar-refractivity contribution in [3.63, 3.8) is 0 Å². The van der Waals surface area contributed by atoms with E-state index in [2.05, 4.69) is 4.52 Å². The molecule has 6 heteroatoms. The third-order valence-electron chi connectivity index (χ3n) is 0.207. The quantitative estimate of drug-likeness (QED) is 0.369. The number of phosphoric acid groups is 1. The Hall–Kier alpha value is 0.400. The fraction of sp³-hybridized carbons (Fsp3) is 1.00. The summed E-state index contributed by atoms with van der Waals surface area (Å²) in [7, 11) is -4.80. The number of halogens is 1. The molecule has 0 aromatic carbocycles. The minimum Gasteiger partial charge on any atom is -0.790 e. The van der Waals surface area contributed by atoms with Crippen LogP contribution in [0.5, 0.6) is 0 Å². The molecule has 7 heavy (non-hydrogen) atoms. The van der Waals surface area contributed by atoms with Gasteiger partial charge in [0.05, 0.1) is 7.82 Å². The van der Waals surface area contributed by atoms with Gasteiger partial charge in [0.1, 0.15) is 6.07 Å². The maximum Gasteiger partial charge on any atom is 0.126 e. The van der Waals surface area contributed by atoms with E-state index in [0.29, 0.717) is 0 Å². The van der Waals surface area contributed by atoms with Crippen LogP contribution in [-0.2, 0) is 9.09 Å². The predicted molar refractivity (Wildman–Crippen MR) is 19.4 cm³/mol. The van der Waals surface area contributed by atoms with Crippen molar-refractivity contribution < 1.29 is 18.9 Å². The third-order valence-corrected chi connectivity index (χ3v) is 0.913. The van der Waals surface area contributed by atoms with Gasteiger partial charge in [0.25, 0.3) is 0 Å².